The molecular formula is C25H22BrFN4O2. The summed E-state index contributed by atoms with van der Waals surface area (Å²) in [4.78, 5) is 26.6. The molecule has 4 aromatic rings. The van der Waals surface area contributed by atoms with Crippen LogP contribution in [0.15, 0.2) is 70.1 Å². The molecule has 33 heavy (non-hydrogen) atoms. The minimum absolute atomic E-state index is 0.163. The summed E-state index contributed by atoms with van der Waals surface area (Å²) in [5.74, 6) is 1.31. The molecule has 0 aliphatic carbocycles. The second kappa shape index (κ2) is 9.62. The van der Waals surface area contributed by atoms with Gasteiger partial charge < -0.3 is 4.74 Å². The maximum Gasteiger partial charge on any atom is 0.276 e. The van der Waals surface area contributed by atoms with Crippen LogP contribution in [0.4, 0.5) is 4.39 Å². The van der Waals surface area contributed by atoms with Crippen LogP contribution in [0, 0.1) is 12.7 Å². The van der Waals surface area contributed by atoms with Crippen molar-refractivity contribution < 1.29 is 9.13 Å². The van der Waals surface area contributed by atoms with Crippen LogP contribution in [0.3, 0.4) is 0 Å². The van der Waals surface area contributed by atoms with Gasteiger partial charge in [0.15, 0.2) is 0 Å². The van der Waals surface area contributed by atoms with Gasteiger partial charge in [0.2, 0.25) is 5.88 Å². The molecular weight excluding hydrogens is 487 g/mol. The Morgan fingerprint density at radius 2 is 1.85 bits per heavy atom. The fourth-order valence-corrected chi connectivity index (χ4v) is 3.71. The molecule has 0 saturated heterocycles. The molecule has 6 nitrogen and oxygen atoms in total. The van der Waals surface area contributed by atoms with Gasteiger partial charge >= 0.3 is 0 Å². The van der Waals surface area contributed by atoms with E-state index >= 15 is 0 Å². The van der Waals surface area contributed by atoms with Crippen molar-refractivity contribution in [3.63, 3.8) is 0 Å². The van der Waals surface area contributed by atoms with E-state index in [0.717, 1.165) is 22.6 Å². The molecule has 0 unspecified atom stereocenters. The molecule has 0 amide bonds. The Labute approximate surface area is 199 Å². The summed E-state index contributed by atoms with van der Waals surface area (Å²) in [6.07, 6.45) is 1.74. The fraction of sp³-hybridized carbons (Fsp3) is 0.200. The van der Waals surface area contributed by atoms with E-state index in [2.05, 4.69) is 30.9 Å². The molecule has 0 aliphatic rings. The molecule has 168 valence electrons. The zero-order valence-corrected chi connectivity index (χ0v) is 20.0. The van der Waals surface area contributed by atoms with Crippen LogP contribution < -0.4 is 10.3 Å². The lowest BCUT2D eigenvalue weighted by Crippen LogP contribution is -2.23. The first-order valence-electron chi connectivity index (χ1n) is 10.4. The van der Waals surface area contributed by atoms with Crippen LogP contribution in [-0.4, -0.2) is 19.5 Å². The average Bonchev–Trinajstić information content (AvgIpc) is 2.82. The van der Waals surface area contributed by atoms with Crippen molar-refractivity contribution in [3.05, 3.63) is 98.7 Å². The quantitative estimate of drug-likeness (QED) is 0.339. The standard InChI is InChI=1S/C25H22BrFN4O2/c1-15(2)23-28-12-11-21(30-23)18-5-4-6-20(13-18)31-16(3)29-24(22(26)25(31)32)33-14-17-7-9-19(27)10-8-17/h4-13,15H,14H2,1-3H3. The first-order chi connectivity index (χ1) is 15.8. The normalized spacial score (nSPS) is 11.1. The van der Waals surface area contributed by atoms with E-state index in [4.69, 9.17) is 4.74 Å². The third kappa shape index (κ3) is 5.01. The zero-order valence-electron chi connectivity index (χ0n) is 18.4. The van der Waals surface area contributed by atoms with Gasteiger partial charge in [-0.3, -0.25) is 9.36 Å². The Bertz CT molecular complexity index is 1350. The van der Waals surface area contributed by atoms with Crippen LogP contribution in [0.5, 0.6) is 5.88 Å². The van der Waals surface area contributed by atoms with E-state index in [-0.39, 0.29) is 34.3 Å². The number of aromatic nitrogens is 4. The molecule has 4 rings (SSSR count). The lowest BCUT2D eigenvalue weighted by molar-refractivity contribution is 0.289. The van der Waals surface area contributed by atoms with Crippen molar-refractivity contribution in [1.82, 2.24) is 19.5 Å². The molecule has 0 fully saturated rings. The summed E-state index contributed by atoms with van der Waals surface area (Å²) in [6.45, 7) is 5.99. The SMILES string of the molecule is Cc1nc(OCc2ccc(F)cc2)c(Br)c(=O)n1-c1cccc(-c2ccnc(C(C)C)n2)c1. The Kier molecular flexibility index (Phi) is 6.65. The number of benzene rings is 2. The maximum absolute atomic E-state index is 13.2. The van der Waals surface area contributed by atoms with Gasteiger partial charge in [-0.15, -0.1) is 0 Å². The highest BCUT2D eigenvalue weighted by atomic mass is 79.9. The van der Waals surface area contributed by atoms with Gasteiger partial charge in [0, 0.05) is 17.7 Å². The predicted octanol–water partition coefficient (Wildman–Crippen LogP) is 5.60. The van der Waals surface area contributed by atoms with Gasteiger partial charge in [-0.2, -0.15) is 4.98 Å². The molecule has 0 atom stereocenters. The fourth-order valence-electron chi connectivity index (χ4n) is 3.33. The molecule has 2 heterocycles. The Morgan fingerprint density at radius 3 is 2.58 bits per heavy atom. The minimum Gasteiger partial charge on any atom is -0.472 e. The molecule has 2 aromatic carbocycles. The summed E-state index contributed by atoms with van der Waals surface area (Å²) in [6, 6.07) is 15.4. The second-order valence-corrected chi connectivity index (χ2v) is 8.63. The average molecular weight is 509 g/mol. The molecule has 0 saturated carbocycles. The van der Waals surface area contributed by atoms with Crippen molar-refractivity contribution >= 4 is 15.9 Å². The maximum atomic E-state index is 13.2. The summed E-state index contributed by atoms with van der Waals surface area (Å²) in [5, 5.41) is 0. The molecule has 8 heteroatoms. The Balaban J connectivity index is 1.66. The first-order valence-corrected chi connectivity index (χ1v) is 11.2. The van der Waals surface area contributed by atoms with E-state index in [1.165, 1.54) is 16.7 Å². The zero-order chi connectivity index (χ0) is 23.5. The highest BCUT2D eigenvalue weighted by Gasteiger charge is 2.16. The lowest BCUT2D eigenvalue weighted by atomic mass is 10.1. The van der Waals surface area contributed by atoms with Gasteiger partial charge in [0.1, 0.15) is 28.5 Å². The number of nitrogens with zero attached hydrogens (tertiary/aromatic N) is 4. The van der Waals surface area contributed by atoms with E-state index in [0.29, 0.717) is 11.5 Å². The van der Waals surface area contributed by atoms with Crippen LogP contribution in [-0.2, 0) is 6.61 Å². The molecule has 0 aliphatic heterocycles. The second-order valence-electron chi connectivity index (χ2n) is 7.84. The van der Waals surface area contributed by atoms with Crippen molar-refractivity contribution in [2.75, 3.05) is 0 Å². The van der Waals surface area contributed by atoms with Crippen molar-refractivity contribution in [1.29, 1.82) is 0 Å². The molecule has 0 N–H and O–H groups in total. The van der Waals surface area contributed by atoms with E-state index in [9.17, 15) is 9.18 Å². The summed E-state index contributed by atoms with van der Waals surface area (Å²) in [5.41, 5.74) is 2.80. The molecule has 0 spiro atoms. The van der Waals surface area contributed by atoms with E-state index < -0.39 is 0 Å². The van der Waals surface area contributed by atoms with Crippen LogP contribution in [0.2, 0.25) is 0 Å². The van der Waals surface area contributed by atoms with E-state index in [1.807, 2.05) is 44.2 Å². The van der Waals surface area contributed by atoms with Gasteiger partial charge in [-0.1, -0.05) is 38.1 Å². The minimum atomic E-state index is -0.318. The number of hydrogen-bond acceptors (Lipinski definition) is 5. The van der Waals surface area contributed by atoms with Crippen molar-refractivity contribution in [2.24, 2.45) is 0 Å². The van der Waals surface area contributed by atoms with Crippen LogP contribution in [0.1, 0.15) is 37.0 Å². The van der Waals surface area contributed by atoms with Gasteiger partial charge in [0.05, 0.1) is 11.4 Å². The number of halogens is 2. The predicted molar refractivity (Wildman–Crippen MR) is 128 cm³/mol. The number of ether oxygens (including phenoxy) is 1. The smallest absolute Gasteiger partial charge is 0.276 e. The third-order valence-corrected chi connectivity index (χ3v) is 5.72. The van der Waals surface area contributed by atoms with Gasteiger partial charge in [0.25, 0.3) is 5.56 Å². The highest BCUT2D eigenvalue weighted by molar-refractivity contribution is 9.10. The van der Waals surface area contributed by atoms with Crippen molar-refractivity contribution in [3.8, 4) is 22.8 Å². The summed E-state index contributed by atoms with van der Waals surface area (Å²) < 4.78 is 20.6. The molecule has 0 radical (unpaired) electrons. The summed E-state index contributed by atoms with van der Waals surface area (Å²) in [7, 11) is 0. The van der Waals surface area contributed by atoms with E-state index in [1.54, 1.807) is 25.3 Å². The number of aryl methyl sites for hydroxylation is 1. The Hall–Kier alpha value is -3.39. The molecule has 0 bridgehead atoms. The first kappa shape index (κ1) is 22.8. The monoisotopic (exact) mass is 508 g/mol. The van der Waals surface area contributed by atoms with Crippen molar-refractivity contribution in [2.45, 2.75) is 33.3 Å². The van der Waals surface area contributed by atoms with Gasteiger partial charge in [-0.25, -0.2) is 14.4 Å². The van der Waals surface area contributed by atoms with Gasteiger partial charge in [-0.05, 0) is 58.7 Å². The van der Waals surface area contributed by atoms with Crippen LogP contribution in [0.25, 0.3) is 16.9 Å². The lowest BCUT2D eigenvalue weighted by Gasteiger charge is -2.14. The highest BCUT2D eigenvalue weighted by Crippen LogP contribution is 2.24. The third-order valence-electron chi connectivity index (χ3n) is 5.05. The van der Waals surface area contributed by atoms with Crippen LogP contribution >= 0.6 is 15.9 Å². The summed E-state index contributed by atoms with van der Waals surface area (Å²) >= 11 is 3.34. The topological polar surface area (TPSA) is 69.9 Å². The Morgan fingerprint density at radius 1 is 1.09 bits per heavy atom. The number of rotatable bonds is 6. The largest absolute Gasteiger partial charge is 0.472 e. The number of hydrogen-bond donors (Lipinski definition) is 0. The molecule has 2 aromatic heterocycles.